The summed E-state index contributed by atoms with van der Waals surface area (Å²) in [5.41, 5.74) is 3.77. The highest BCUT2D eigenvalue weighted by molar-refractivity contribution is 6.05. The highest BCUT2D eigenvalue weighted by Crippen LogP contribution is 2.19. The third kappa shape index (κ3) is 3.44. The minimum atomic E-state index is -0.264. The van der Waals surface area contributed by atoms with Crippen LogP contribution in [0.2, 0.25) is 0 Å². The van der Waals surface area contributed by atoms with Gasteiger partial charge in [-0.3, -0.25) is 4.79 Å². The molecule has 0 bridgehead atoms. The summed E-state index contributed by atoms with van der Waals surface area (Å²) < 4.78 is 6.84. The molecule has 0 atom stereocenters. The lowest BCUT2D eigenvalue weighted by Crippen LogP contribution is -2.16. The van der Waals surface area contributed by atoms with E-state index in [1.54, 1.807) is 23.0 Å². The molecule has 0 saturated heterocycles. The molecule has 0 aliphatic carbocycles. The van der Waals surface area contributed by atoms with E-state index in [-0.39, 0.29) is 5.91 Å². The molecule has 142 valence electrons. The maximum absolute atomic E-state index is 12.7. The van der Waals surface area contributed by atoms with Crippen molar-refractivity contribution in [3.8, 4) is 0 Å². The number of carbonyl (C=O) groups excluding carboxylic acids is 1. The molecule has 1 aromatic carbocycles. The number of aromatic nitrogens is 4. The van der Waals surface area contributed by atoms with Gasteiger partial charge in [-0.1, -0.05) is 17.3 Å². The molecule has 1 amide bonds. The number of pyridine rings is 1. The number of fused-ring (bicyclic) bond motifs is 1. The molecule has 4 aromatic rings. The van der Waals surface area contributed by atoms with Gasteiger partial charge in [-0.15, -0.1) is 0 Å². The highest BCUT2D eigenvalue weighted by atomic mass is 16.5. The monoisotopic (exact) mass is 376 g/mol. The molecule has 4 rings (SSSR count). The number of aryl methyl sites for hydroxylation is 1. The number of benzene rings is 1. The minimum absolute atomic E-state index is 0.264. The van der Waals surface area contributed by atoms with Gasteiger partial charge in [0.2, 0.25) is 0 Å². The number of hydrogen-bond donors (Lipinski definition) is 1. The summed E-state index contributed by atoms with van der Waals surface area (Å²) in [6.45, 7) is 2.37. The molecule has 0 radical (unpaired) electrons. The summed E-state index contributed by atoms with van der Waals surface area (Å²) >= 11 is 0. The zero-order valence-electron chi connectivity index (χ0n) is 15.9. The van der Waals surface area contributed by atoms with E-state index in [9.17, 15) is 4.79 Å². The van der Waals surface area contributed by atoms with Crippen molar-refractivity contribution in [2.45, 2.75) is 13.5 Å². The normalized spacial score (nSPS) is 11.0. The van der Waals surface area contributed by atoms with Gasteiger partial charge in [0.15, 0.2) is 0 Å². The average molecular weight is 376 g/mol. The second kappa shape index (κ2) is 7.15. The Hall–Kier alpha value is -3.68. The number of amides is 1. The highest BCUT2D eigenvalue weighted by Gasteiger charge is 2.14. The van der Waals surface area contributed by atoms with Crippen LogP contribution in [0.3, 0.4) is 0 Å². The Morgan fingerprint density at radius 2 is 2.00 bits per heavy atom. The van der Waals surface area contributed by atoms with E-state index in [0.717, 1.165) is 16.6 Å². The fraction of sp³-hybridized carbons (Fsp3) is 0.200. The molecule has 0 spiro atoms. The van der Waals surface area contributed by atoms with Crippen molar-refractivity contribution >= 4 is 28.5 Å². The van der Waals surface area contributed by atoms with Crippen molar-refractivity contribution in [2.24, 2.45) is 0 Å². The van der Waals surface area contributed by atoms with Gasteiger partial charge in [0, 0.05) is 32.0 Å². The molecular formula is C20H20N6O2. The molecule has 0 fully saturated rings. The number of rotatable bonds is 5. The summed E-state index contributed by atoms with van der Waals surface area (Å²) in [4.78, 5) is 18.9. The molecule has 1 N–H and O–H groups in total. The second-order valence-electron chi connectivity index (χ2n) is 6.73. The first kappa shape index (κ1) is 17.7. The fourth-order valence-corrected chi connectivity index (χ4v) is 2.89. The summed E-state index contributed by atoms with van der Waals surface area (Å²) in [5, 5.41) is 11.8. The Morgan fingerprint density at radius 3 is 2.75 bits per heavy atom. The van der Waals surface area contributed by atoms with Gasteiger partial charge < -0.3 is 14.7 Å². The Bertz CT molecular complexity index is 1130. The van der Waals surface area contributed by atoms with Gasteiger partial charge >= 0.3 is 0 Å². The van der Waals surface area contributed by atoms with Crippen molar-refractivity contribution in [1.82, 2.24) is 19.9 Å². The smallest absolute Gasteiger partial charge is 0.258 e. The predicted octanol–water partition coefficient (Wildman–Crippen LogP) is 3.09. The van der Waals surface area contributed by atoms with E-state index >= 15 is 0 Å². The predicted molar refractivity (Wildman–Crippen MR) is 107 cm³/mol. The number of nitrogens with one attached hydrogen (secondary N) is 1. The van der Waals surface area contributed by atoms with Gasteiger partial charge in [0.05, 0.1) is 29.4 Å². The van der Waals surface area contributed by atoms with Crippen molar-refractivity contribution in [3.63, 3.8) is 0 Å². The van der Waals surface area contributed by atoms with E-state index < -0.39 is 0 Å². The maximum Gasteiger partial charge on any atom is 0.258 e. The summed E-state index contributed by atoms with van der Waals surface area (Å²) in [7, 11) is 4.01. The van der Waals surface area contributed by atoms with Gasteiger partial charge in [-0.05, 0) is 30.7 Å². The molecule has 8 heteroatoms. The van der Waals surface area contributed by atoms with E-state index in [0.29, 0.717) is 29.3 Å². The van der Waals surface area contributed by atoms with Gasteiger partial charge in [-0.25, -0.2) is 9.67 Å². The number of carbonyl (C=O) groups is 1. The van der Waals surface area contributed by atoms with E-state index in [4.69, 9.17) is 4.52 Å². The van der Waals surface area contributed by atoms with Crippen molar-refractivity contribution in [1.29, 1.82) is 0 Å². The van der Waals surface area contributed by atoms with Gasteiger partial charge in [0.25, 0.3) is 11.6 Å². The molecule has 0 unspecified atom stereocenters. The summed E-state index contributed by atoms with van der Waals surface area (Å²) in [6.07, 6.45) is 3.14. The first-order chi connectivity index (χ1) is 13.5. The van der Waals surface area contributed by atoms with Crippen LogP contribution >= 0.6 is 0 Å². The van der Waals surface area contributed by atoms with E-state index in [1.165, 1.54) is 6.20 Å². The molecule has 3 heterocycles. The lowest BCUT2D eigenvalue weighted by atomic mass is 10.2. The topological polar surface area (TPSA) is 89.1 Å². The summed E-state index contributed by atoms with van der Waals surface area (Å²) in [6, 6.07) is 11.7. The minimum Gasteiger partial charge on any atom is -0.378 e. The zero-order valence-corrected chi connectivity index (χ0v) is 15.9. The maximum atomic E-state index is 12.7. The van der Waals surface area contributed by atoms with Crippen LogP contribution < -0.4 is 10.2 Å². The van der Waals surface area contributed by atoms with E-state index in [1.807, 2.05) is 25.9 Å². The Balaban J connectivity index is 1.51. The quantitative estimate of drug-likeness (QED) is 0.576. The number of hydrogen-bond acceptors (Lipinski definition) is 6. The number of anilines is 2. The molecular weight excluding hydrogens is 356 g/mol. The molecule has 0 aliphatic rings. The molecule has 8 nitrogen and oxygen atoms in total. The standard InChI is InChI=1S/C20H20N6O2/c1-13-17-10-15(11-21-20(17)28-24-13)19(27)23-18-8-9-22-26(18)12-14-4-6-16(7-5-14)25(2)3/h4-11H,12H2,1-3H3,(H,23,27). The van der Waals surface area contributed by atoms with Crippen LogP contribution in [0.5, 0.6) is 0 Å². The Morgan fingerprint density at radius 1 is 1.21 bits per heavy atom. The van der Waals surface area contributed by atoms with Crippen LogP contribution in [0.1, 0.15) is 21.6 Å². The van der Waals surface area contributed by atoms with Gasteiger partial charge in [-0.2, -0.15) is 5.10 Å². The van der Waals surface area contributed by atoms with Crippen LogP contribution in [-0.4, -0.2) is 39.9 Å². The Labute approximate surface area is 161 Å². The van der Waals surface area contributed by atoms with Crippen molar-refractivity contribution < 1.29 is 9.32 Å². The Kier molecular flexibility index (Phi) is 4.52. The third-order valence-electron chi connectivity index (χ3n) is 4.52. The molecule has 28 heavy (non-hydrogen) atoms. The van der Waals surface area contributed by atoms with Crippen molar-refractivity contribution in [3.05, 3.63) is 65.6 Å². The van der Waals surface area contributed by atoms with Crippen LogP contribution in [0, 0.1) is 6.92 Å². The lowest BCUT2D eigenvalue weighted by Gasteiger charge is -2.13. The zero-order chi connectivity index (χ0) is 19.7. The largest absolute Gasteiger partial charge is 0.378 e. The van der Waals surface area contributed by atoms with Gasteiger partial charge in [0.1, 0.15) is 5.82 Å². The first-order valence-electron chi connectivity index (χ1n) is 8.83. The third-order valence-corrected chi connectivity index (χ3v) is 4.52. The van der Waals surface area contributed by atoms with Crippen molar-refractivity contribution in [2.75, 3.05) is 24.3 Å². The van der Waals surface area contributed by atoms with Crippen LogP contribution in [0.25, 0.3) is 11.1 Å². The summed E-state index contributed by atoms with van der Waals surface area (Å²) in [5.74, 6) is 0.350. The molecule has 0 saturated carbocycles. The number of nitrogens with zero attached hydrogens (tertiary/aromatic N) is 5. The molecule has 3 aromatic heterocycles. The second-order valence-corrected chi connectivity index (χ2v) is 6.73. The van der Waals surface area contributed by atoms with E-state index in [2.05, 4.69) is 44.8 Å². The SMILES string of the molecule is Cc1noc2ncc(C(=O)Nc3ccnn3Cc3ccc(N(C)C)cc3)cc12. The fourth-order valence-electron chi connectivity index (χ4n) is 2.89. The average Bonchev–Trinajstić information content (AvgIpc) is 3.28. The molecule has 0 aliphatic heterocycles. The van der Waals surface area contributed by atoms with Crippen LogP contribution in [-0.2, 0) is 6.54 Å². The first-order valence-corrected chi connectivity index (χ1v) is 8.83. The lowest BCUT2D eigenvalue weighted by molar-refractivity contribution is 0.102. The van der Waals surface area contributed by atoms with Crippen LogP contribution in [0.4, 0.5) is 11.5 Å². The van der Waals surface area contributed by atoms with Crippen LogP contribution in [0.15, 0.2) is 53.3 Å².